The number of hydrogen-bond donors (Lipinski definition) is 2. The van der Waals surface area contributed by atoms with Crippen LogP contribution in [0.25, 0.3) is 0 Å². The largest absolute Gasteiger partial charge is 0.507 e. The highest BCUT2D eigenvalue weighted by atomic mass is 16.4. The fourth-order valence-corrected chi connectivity index (χ4v) is 3.36. The molecule has 2 unspecified atom stereocenters. The number of hydrogen-bond acceptors (Lipinski definition) is 2. The fourth-order valence-electron chi connectivity index (χ4n) is 3.36. The van der Waals surface area contributed by atoms with E-state index in [1.165, 1.54) is 11.6 Å². The van der Waals surface area contributed by atoms with Crippen molar-refractivity contribution in [3.8, 4) is 5.75 Å². The van der Waals surface area contributed by atoms with Gasteiger partial charge in [-0.15, -0.1) is 0 Å². The molecule has 0 fully saturated rings. The van der Waals surface area contributed by atoms with Gasteiger partial charge in [-0.3, -0.25) is 0 Å². The summed E-state index contributed by atoms with van der Waals surface area (Å²) in [7, 11) is 0. The zero-order valence-electron chi connectivity index (χ0n) is 14.7. The molecule has 0 aromatic heterocycles. The number of benzene rings is 3. The molecule has 3 nitrogen and oxygen atoms in total. The minimum absolute atomic E-state index is 0.0464. The van der Waals surface area contributed by atoms with E-state index in [0.29, 0.717) is 5.92 Å². The molecule has 3 heteroatoms. The van der Waals surface area contributed by atoms with Crippen molar-refractivity contribution in [2.45, 2.75) is 25.2 Å². The van der Waals surface area contributed by atoms with Crippen molar-refractivity contribution < 1.29 is 15.0 Å². The highest BCUT2D eigenvalue weighted by Crippen LogP contribution is 2.36. The third-order valence-corrected chi connectivity index (χ3v) is 4.81. The maximum Gasteiger partial charge on any atom is 0.339 e. The fraction of sp³-hybridized carbons (Fsp3) is 0.174. The van der Waals surface area contributed by atoms with Crippen LogP contribution in [0.2, 0.25) is 0 Å². The van der Waals surface area contributed by atoms with Crippen LogP contribution in [0.1, 0.15) is 52.2 Å². The Morgan fingerprint density at radius 1 is 0.846 bits per heavy atom. The molecule has 26 heavy (non-hydrogen) atoms. The van der Waals surface area contributed by atoms with Crippen LogP contribution in [0.15, 0.2) is 78.9 Å². The van der Waals surface area contributed by atoms with Gasteiger partial charge in [0.1, 0.15) is 11.3 Å². The van der Waals surface area contributed by atoms with E-state index in [0.717, 1.165) is 17.5 Å². The Morgan fingerprint density at radius 3 is 2.00 bits per heavy atom. The van der Waals surface area contributed by atoms with Crippen molar-refractivity contribution >= 4 is 5.97 Å². The lowest BCUT2D eigenvalue weighted by molar-refractivity contribution is 0.0693. The Bertz CT molecular complexity index is 872. The van der Waals surface area contributed by atoms with E-state index in [9.17, 15) is 15.0 Å². The third kappa shape index (κ3) is 3.94. The number of rotatable bonds is 6. The summed E-state index contributed by atoms with van der Waals surface area (Å²) in [5.74, 6) is -0.968. The highest BCUT2D eigenvalue weighted by molar-refractivity contribution is 5.91. The van der Waals surface area contributed by atoms with E-state index in [2.05, 4.69) is 31.2 Å². The average molecular weight is 346 g/mol. The lowest BCUT2D eigenvalue weighted by Gasteiger charge is -2.23. The summed E-state index contributed by atoms with van der Waals surface area (Å²) < 4.78 is 0. The van der Waals surface area contributed by atoms with Gasteiger partial charge in [0.25, 0.3) is 0 Å². The summed E-state index contributed by atoms with van der Waals surface area (Å²) in [5.41, 5.74) is 3.23. The number of phenols is 1. The van der Waals surface area contributed by atoms with Gasteiger partial charge in [-0.1, -0.05) is 73.7 Å². The van der Waals surface area contributed by atoms with Crippen LogP contribution in [0.4, 0.5) is 0 Å². The molecule has 0 bridgehead atoms. The van der Waals surface area contributed by atoms with Gasteiger partial charge in [-0.2, -0.15) is 0 Å². The van der Waals surface area contributed by atoms with Crippen molar-refractivity contribution in [2.75, 3.05) is 0 Å². The summed E-state index contributed by atoms with van der Waals surface area (Å²) in [6, 6.07) is 25.3. The Kier molecular flexibility index (Phi) is 5.37. The zero-order valence-corrected chi connectivity index (χ0v) is 14.7. The van der Waals surface area contributed by atoms with Crippen molar-refractivity contribution in [1.29, 1.82) is 0 Å². The second kappa shape index (κ2) is 7.87. The number of aromatic hydroxyl groups is 1. The van der Waals surface area contributed by atoms with Gasteiger partial charge < -0.3 is 10.2 Å². The van der Waals surface area contributed by atoms with Crippen LogP contribution in [0.5, 0.6) is 5.75 Å². The molecular formula is C23H22O3. The van der Waals surface area contributed by atoms with Crippen molar-refractivity contribution in [2.24, 2.45) is 0 Å². The number of carboxylic acid groups (broad SMARTS) is 1. The van der Waals surface area contributed by atoms with Gasteiger partial charge in [-0.25, -0.2) is 4.79 Å². The summed E-state index contributed by atoms with van der Waals surface area (Å²) in [6.07, 6.45) is 0.845. The molecular weight excluding hydrogens is 324 g/mol. The highest BCUT2D eigenvalue weighted by Gasteiger charge is 2.21. The molecule has 0 amide bonds. The lowest BCUT2D eigenvalue weighted by Crippen LogP contribution is -2.08. The molecule has 2 N–H and O–H groups in total. The molecule has 0 heterocycles. The van der Waals surface area contributed by atoms with Crippen LogP contribution in [-0.4, -0.2) is 16.2 Å². The van der Waals surface area contributed by atoms with E-state index in [1.807, 2.05) is 42.5 Å². The van der Waals surface area contributed by atoms with Gasteiger partial charge in [0, 0.05) is 5.92 Å². The van der Waals surface area contributed by atoms with E-state index in [1.54, 1.807) is 6.07 Å². The molecule has 0 saturated carbocycles. The van der Waals surface area contributed by atoms with Crippen LogP contribution in [0.3, 0.4) is 0 Å². The summed E-state index contributed by atoms with van der Waals surface area (Å²) in [5, 5.41) is 19.2. The molecule has 0 aliphatic heterocycles. The van der Waals surface area contributed by atoms with Crippen LogP contribution in [0, 0.1) is 0 Å². The van der Waals surface area contributed by atoms with Crippen molar-refractivity contribution in [3.05, 3.63) is 101 Å². The molecule has 0 spiro atoms. The Balaban J connectivity index is 1.99. The monoisotopic (exact) mass is 346 g/mol. The SMILES string of the molecule is CC(CC(c1ccccc1)c1ccc(O)c(C(=O)O)c1)c1ccccc1. The summed E-state index contributed by atoms with van der Waals surface area (Å²) in [4.78, 5) is 11.4. The Labute approximate surface area is 153 Å². The molecule has 0 radical (unpaired) electrons. The maximum absolute atomic E-state index is 11.4. The summed E-state index contributed by atoms with van der Waals surface area (Å²) in [6.45, 7) is 2.18. The molecule has 3 aromatic carbocycles. The Hall–Kier alpha value is -3.07. The van der Waals surface area contributed by atoms with E-state index >= 15 is 0 Å². The number of carbonyl (C=O) groups is 1. The smallest absolute Gasteiger partial charge is 0.339 e. The van der Waals surface area contributed by atoms with E-state index in [4.69, 9.17) is 0 Å². The van der Waals surface area contributed by atoms with Crippen molar-refractivity contribution in [1.82, 2.24) is 0 Å². The second-order valence-corrected chi connectivity index (χ2v) is 6.59. The van der Waals surface area contributed by atoms with Crippen molar-refractivity contribution in [3.63, 3.8) is 0 Å². The molecule has 3 rings (SSSR count). The quantitative estimate of drug-likeness (QED) is 0.627. The van der Waals surface area contributed by atoms with Crippen LogP contribution >= 0.6 is 0 Å². The number of aromatic carboxylic acids is 1. The van der Waals surface area contributed by atoms with Gasteiger partial charge in [-0.05, 0) is 41.2 Å². The Morgan fingerprint density at radius 2 is 1.42 bits per heavy atom. The first-order chi connectivity index (χ1) is 12.6. The molecule has 0 aliphatic carbocycles. The molecule has 0 aliphatic rings. The lowest BCUT2D eigenvalue weighted by atomic mass is 9.81. The van der Waals surface area contributed by atoms with Crippen LogP contribution in [-0.2, 0) is 0 Å². The first-order valence-corrected chi connectivity index (χ1v) is 8.72. The third-order valence-electron chi connectivity index (χ3n) is 4.81. The van der Waals surface area contributed by atoms with E-state index in [-0.39, 0.29) is 17.2 Å². The minimum atomic E-state index is -1.12. The standard InChI is InChI=1S/C23H22O3/c1-16(17-8-4-2-5-9-17)14-20(18-10-6-3-7-11-18)19-12-13-22(24)21(15-19)23(25)26/h2-13,15-16,20,24H,14H2,1H3,(H,25,26). The first kappa shape index (κ1) is 17.7. The van der Waals surface area contributed by atoms with Crippen LogP contribution < -0.4 is 0 Å². The summed E-state index contributed by atoms with van der Waals surface area (Å²) >= 11 is 0. The normalized spacial score (nSPS) is 13.1. The molecule has 0 saturated heterocycles. The predicted octanol–water partition coefficient (Wildman–Crippen LogP) is 5.42. The molecule has 2 atom stereocenters. The second-order valence-electron chi connectivity index (χ2n) is 6.59. The van der Waals surface area contributed by atoms with Gasteiger partial charge in [0.15, 0.2) is 0 Å². The average Bonchev–Trinajstić information content (AvgIpc) is 2.67. The zero-order chi connectivity index (χ0) is 18.5. The van der Waals surface area contributed by atoms with Gasteiger partial charge in [0.05, 0.1) is 0 Å². The van der Waals surface area contributed by atoms with Gasteiger partial charge >= 0.3 is 5.97 Å². The minimum Gasteiger partial charge on any atom is -0.507 e. The predicted molar refractivity (Wildman–Crippen MR) is 103 cm³/mol. The topological polar surface area (TPSA) is 57.5 Å². The van der Waals surface area contributed by atoms with E-state index < -0.39 is 5.97 Å². The number of carboxylic acids is 1. The first-order valence-electron chi connectivity index (χ1n) is 8.72. The molecule has 3 aromatic rings. The maximum atomic E-state index is 11.4. The van der Waals surface area contributed by atoms with Gasteiger partial charge in [0.2, 0.25) is 0 Å². The molecule has 132 valence electrons.